The number of fused-ring (bicyclic) bond motifs is 2. The van der Waals surface area contributed by atoms with E-state index >= 15 is 0 Å². The zero-order valence-corrected chi connectivity index (χ0v) is 19.0. The molecule has 9 heteroatoms. The third kappa shape index (κ3) is 3.96. The van der Waals surface area contributed by atoms with E-state index in [4.69, 9.17) is 4.74 Å². The number of aromatic nitrogens is 2. The van der Waals surface area contributed by atoms with Crippen LogP contribution in [0.1, 0.15) is 23.8 Å². The molecule has 0 radical (unpaired) electrons. The van der Waals surface area contributed by atoms with Crippen LogP contribution in [0.15, 0.2) is 48.7 Å². The molecule has 0 spiro atoms. The zero-order valence-electron chi connectivity index (χ0n) is 19.0. The van der Waals surface area contributed by atoms with E-state index in [1.807, 2.05) is 0 Å². The van der Waals surface area contributed by atoms with Crippen molar-refractivity contribution in [1.82, 2.24) is 14.9 Å². The van der Waals surface area contributed by atoms with Crippen LogP contribution in [-0.2, 0) is 0 Å². The Bertz CT molecular complexity index is 1240. The number of rotatable bonds is 6. The van der Waals surface area contributed by atoms with Crippen LogP contribution < -0.4 is 15.0 Å². The molecule has 0 aliphatic carbocycles. The van der Waals surface area contributed by atoms with E-state index in [-0.39, 0.29) is 22.8 Å². The Morgan fingerprint density at radius 2 is 2.03 bits per heavy atom. The number of piperazine rings is 1. The van der Waals surface area contributed by atoms with Gasteiger partial charge in [0, 0.05) is 31.4 Å². The van der Waals surface area contributed by atoms with Crippen molar-refractivity contribution in [2.45, 2.75) is 25.4 Å². The fourth-order valence-electron chi connectivity index (χ4n) is 4.97. The summed E-state index contributed by atoms with van der Waals surface area (Å²) in [5.41, 5.74) is 1.26. The molecule has 3 heterocycles. The van der Waals surface area contributed by atoms with E-state index in [1.54, 1.807) is 12.1 Å². The summed E-state index contributed by atoms with van der Waals surface area (Å²) in [4.78, 5) is 26.2. The Morgan fingerprint density at radius 3 is 2.76 bits per heavy atom. The number of likely N-dealkylation sites (tertiary alicyclic amines) is 1. The van der Waals surface area contributed by atoms with E-state index in [9.17, 15) is 13.6 Å². The summed E-state index contributed by atoms with van der Waals surface area (Å²) in [6, 6.07) is 11.0. The maximum Gasteiger partial charge on any atom is 0.274 e. The maximum atomic E-state index is 14.5. The minimum absolute atomic E-state index is 0.0265. The van der Waals surface area contributed by atoms with Gasteiger partial charge in [-0.3, -0.25) is 9.69 Å². The van der Waals surface area contributed by atoms with Crippen LogP contribution in [0.25, 0.3) is 11.4 Å². The number of carbonyl (C=O) groups is 1. The summed E-state index contributed by atoms with van der Waals surface area (Å²) in [6.45, 7) is 4.94. The number of ether oxygens (including phenoxy) is 1. The SMILES string of the molecule is CCN1CC2CC1CN2c1ccc(F)cc1NC(=O)c1ccnc(-c2c(F)cccc2OC)n1. The van der Waals surface area contributed by atoms with Crippen molar-refractivity contribution < 1.29 is 18.3 Å². The number of carbonyl (C=O) groups excluding carboxylic acids is 1. The Balaban J connectivity index is 1.42. The fraction of sp³-hybridized carbons (Fsp3) is 0.320. The van der Waals surface area contributed by atoms with Crippen LogP contribution >= 0.6 is 0 Å². The summed E-state index contributed by atoms with van der Waals surface area (Å²) >= 11 is 0. The molecule has 2 bridgehead atoms. The lowest BCUT2D eigenvalue weighted by atomic mass is 10.1. The van der Waals surface area contributed by atoms with Gasteiger partial charge in [-0.1, -0.05) is 13.0 Å². The van der Waals surface area contributed by atoms with E-state index in [0.29, 0.717) is 17.8 Å². The number of nitrogens with zero attached hydrogens (tertiary/aromatic N) is 4. The van der Waals surface area contributed by atoms with Crippen molar-refractivity contribution in [3.8, 4) is 17.1 Å². The molecule has 7 nitrogen and oxygen atoms in total. The van der Waals surface area contributed by atoms with Crippen LogP contribution in [0.2, 0.25) is 0 Å². The summed E-state index contributed by atoms with van der Waals surface area (Å²) < 4.78 is 33.9. The number of anilines is 2. The number of nitrogens with one attached hydrogen (secondary N) is 1. The van der Waals surface area contributed by atoms with Gasteiger partial charge >= 0.3 is 0 Å². The van der Waals surface area contributed by atoms with Gasteiger partial charge in [0.1, 0.15) is 23.1 Å². The smallest absolute Gasteiger partial charge is 0.274 e. The molecule has 2 atom stereocenters. The van der Waals surface area contributed by atoms with E-state index < -0.39 is 17.5 Å². The first-order chi connectivity index (χ1) is 16.5. The van der Waals surface area contributed by atoms with Gasteiger partial charge < -0.3 is 15.0 Å². The quantitative estimate of drug-likeness (QED) is 0.594. The number of benzene rings is 2. The highest BCUT2D eigenvalue weighted by Gasteiger charge is 2.43. The molecule has 1 amide bonds. The summed E-state index contributed by atoms with van der Waals surface area (Å²) in [5, 5.41) is 2.80. The lowest BCUT2D eigenvalue weighted by Gasteiger charge is -2.36. The van der Waals surface area contributed by atoms with E-state index in [1.165, 1.54) is 43.6 Å². The van der Waals surface area contributed by atoms with Crippen molar-refractivity contribution in [1.29, 1.82) is 0 Å². The van der Waals surface area contributed by atoms with Crippen LogP contribution in [0, 0.1) is 11.6 Å². The molecule has 1 aromatic heterocycles. The zero-order chi connectivity index (χ0) is 23.8. The standard InChI is InChI=1S/C25H25F2N5O2/c1-3-31-13-17-12-16(31)14-32(17)21-8-7-15(26)11-20(21)30-25(33)19-9-10-28-24(29-19)23-18(27)5-4-6-22(23)34-2/h4-11,16-17H,3,12-14H2,1-2H3,(H,30,33). The Morgan fingerprint density at radius 1 is 1.18 bits per heavy atom. The molecule has 2 unspecified atom stereocenters. The second-order valence-electron chi connectivity index (χ2n) is 8.48. The lowest BCUT2D eigenvalue weighted by molar-refractivity contribution is 0.102. The van der Waals surface area contributed by atoms with Gasteiger partial charge in [-0.05, 0) is 49.4 Å². The molecule has 3 aromatic rings. The van der Waals surface area contributed by atoms with Crippen molar-refractivity contribution in [3.05, 3.63) is 66.0 Å². The minimum Gasteiger partial charge on any atom is -0.496 e. The maximum absolute atomic E-state index is 14.5. The van der Waals surface area contributed by atoms with Crippen LogP contribution in [0.4, 0.5) is 20.2 Å². The first-order valence-corrected chi connectivity index (χ1v) is 11.3. The first-order valence-electron chi connectivity index (χ1n) is 11.3. The topological polar surface area (TPSA) is 70.6 Å². The van der Waals surface area contributed by atoms with Crippen molar-refractivity contribution in [2.24, 2.45) is 0 Å². The second kappa shape index (κ2) is 8.98. The normalized spacial score (nSPS) is 19.5. The van der Waals surface area contributed by atoms with Gasteiger partial charge in [0.2, 0.25) is 0 Å². The Kier molecular flexibility index (Phi) is 5.87. The van der Waals surface area contributed by atoms with Gasteiger partial charge in [-0.2, -0.15) is 0 Å². The third-order valence-electron chi connectivity index (χ3n) is 6.58. The number of halogens is 2. The molecule has 2 saturated heterocycles. The van der Waals surface area contributed by atoms with Crippen LogP contribution in [0.3, 0.4) is 0 Å². The highest BCUT2D eigenvalue weighted by atomic mass is 19.1. The number of likely N-dealkylation sites (N-methyl/N-ethyl adjacent to an activating group) is 1. The van der Waals surface area contributed by atoms with Gasteiger partial charge in [0.25, 0.3) is 5.91 Å². The minimum atomic E-state index is -0.561. The largest absolute Gasteiger partial charge is 0.496 e. The monoisotopic (exact) mass is 465 g/mol. The molecule has 176 valence electrons. The van der Waals surface area contributed by atoms with Gasteiger partial charge in [0.15, 0.2) is 5.82 Å². The summed E-state index contributed by atoms with van der Waals surface area (Å²) in [6.07, 6.45) is 2.44. The fourth-order valence-corrected chi connectivity index (χ4v) is 4.97. The molecule has 2 fully saturated rings. The third-order valence-corrected chi connectivity index (χ3v) is 6.58. The molecular formula is C25H25F2N5O2. The number of methoxy groups -OCH3 is 1. The average Bonchev–Trinajstić information content (AvgIpc) is 3.45. The average molecular weight is 466 g/mol. The molecular weight excluding hydrogens is 440 g/mol. The second-order valence-corrected chi connectivity index (χ2v) is 8.48. The van der Waals surface area contributed by atoms with E-state index in [0.717, 1.165) is 31.7 Å². The number of hydrogen-bond donors (Lipinski definition) is 1. The molecule has 5 rings (SSSR count). The number of amides is 1. The van der Waals surface area contributed by atoms with Crippen molar-refractivity contribution >= 4 is 17.3 Å². The molecule has 0 saturated carbocycles. The van der Waals surface area contributed by atoms with Crippen LogP contribution in [-0.4, -0.2) is 59.6 Å². The molecule has 2 aliphatic heterocycles. The highest BCUT2D eigenvalue weighted by molar-refractivity contribution is 6.05. The first kappa shape index (κ1) is 22.2. The van der Waals surface area contributed by atoms with Gasteiger partial charge in [0.05, 0.1) is 24.0 Å². The Hall–Kier alpha value is -3.59. The van der Waals surface area contributed by atoms with Gasteiger partial charge in [-0.25, -0.2) is 18.7 Å². The van der Waals surface area contributed by atoms with E-state index in [2.05, 4.69) is 32.0 Å². The van der Waals surface area contributed by atoms with Crippen LogP contribution in [0.5, 0.6) is 5.75 Å². The van der Waals surface area contributed by atoms with Gasteiger partial charge in [-0.15, -0.1) is 0 Å². The summed E-state index contributed by atoms with van der Waals surface area (Å²) in [7, 11) is 1.42. The Labute approximate surface area is 196 Å². The molecule has 2 aromatic carbocycles. The summed E-state index contributed by atoms with van der Waals surface area (Å²) in [5.74, 6) is -1.26. The highest BCUT2D eigenvalue weighted by Crippen LogP contribution is 2.38. The predicted molar refractivity (Wildman–Crippen MR) is 125 cm³/mol. The number of hydrogen-bond acceptors (Lipinski definition) is 6. The molecule has 34 heavy (non-hydrogen) atoms. The van der Waals surface area contributed by atoms with Crippen molar-refractivity contribution in [2.75, 3.05) is 37.0 Å². The molecule has 1 N–H and O–H groups in total. The van der Waals surface area contributed by atoms with Crippen molar-refractivity contribution in [3.63, 3.8) is 0 Å². The molecule has 2 aliphatic rings. The lowest BCUT2D eigenvalue weighted by Crippen LogP contribution is -2.46. The predicted octanol–water partition coefficient (Wildman–Crippen LogP) is 3.97.